The van der Waals surface area contributed by atoms with Crippen molar-refractivity contribution in [2.45, 2.75) is 19.9 Å². The van der Waals surface area contributed by atoms with Gasteiger partial charge in [-0.3, -0.25) is 9.80 Å². The van der Waals surface area contributed by atoms with Crippen LogP contribution in [0.5, 0.6) is 0 Å². The molecule has 1 unspecified atom stereocenters. The number of nitrogens with zero attached hydrogens (tertiary/aromatic N) is 1. The molecule has 2 heterocycles. The summed E-state index contributed by atoms with van der Waals surface area (Å²) in [5.41, 5.74) is 2.52. The second-order valence-electron chi connectivity index (χ2n) is 5.23. The molecule has 0 saturated carbocycles. The van der Waals surface area contributed by atoms with Gasteiger partial charge in [0.25, 0.3) is 0 Å². The number of benzene rings is 1. The van der Waals surface area contributed by atoms with Crippen LogP contribution in [-0.2, 0) is 13.0 Å². The van der Waals surface area contributed by atoms with E-state index in [1.165, 1.54) is 16.2 Å². The minimum atomic E-state index is 0.805. The molecule has 1 aliphatic heterocycles. The Balaban J connectivity index is 1.78. The average Bonchev–Trinajstić information content (AvgIpc) is 3.02. The van der Waals surface area contributed by atoms with Gasteiger partial charge < -0.3 is 9.73 Å². The minimum absolute atomic E-state index is 0.805. The van der Waals surface area contributed by atoms with Crippen molar-refractivity contribution in [3.8, 4) is 0 Å². The van der Waals surface area contributed by atoms with E-state index in [0.29, 0.717) is 0 Å². The van der Waals surface area contributed by atoms with Crippen molar-refractivity contribution in [1.29, 1.82) is 0 Å². The van der Waals surface area contributed by atoms with Gasteiger partial charge in [0.05, 0.1) is 12.0 Å². The maximum absolute atomic E-state index is 5.50. The van der Waals surface area contributed by atoms with Crippen LogP contribution >= 0.6 is 12.2 Å². The molecule has 3 rings (SSSR count). The molecule has 0 aliphatic carbocycles. The summed E-state index contributed by atoms with van der Waals surface area (Å²) in [4.78, 5) is 3.57. The van der Waals surface area contributed by atoms with E-state index < -0.39 is 0 Å². The number of anilines is 1. The van der Waals surface area contributed by atoms with Gasteiger partial charge in [0, 0.05) is 0 Å². The number of aryl methyl sites for hydroxylation is 1. The molecule has 0 spiro atoms. The van der Waals surface area contributed by atoms with Crippen molar-refractivity contribution in [3.63, 3.8) is 0 Å². The van der Waals surface area contributed by atoms with Crippen molar-refractivity contribution in [3.05, 3.63) is 54.0 Å². The van der Waals surface area contributed by atoms with Crippen LogP contribution in [0.3, 0.4) is 0 Å². The SMILES string of the molecule is CCc1ccccc1N1C[NH+](Cc2ccco2)CNC1=S. The van der Waals surface area contributed by atoms with Gasteiger partial charge in [0.1, 0.15) is 6.54 Å². The zero-order chi connectivity index (χ0) is 14.7. The monoisotopic (exact) mass is 302 g/mol. The van der Waals surface area contributed by atoms with Crippen LogP contribution < -0.4 is 15.1 Å². The van der Waals surface area contributed by atoms with Gasteiger partial charge in [0.15, 0.2) is 24.2 Å². The van der Waals surface area contributed by atoms with E-state index >= 15 is 0 Å². The lowest BCUT2D eigenvalue weighted by molar-refractivity contribution is -0.917. The second-order valence-corrected chi connectivity index (χ2v) is 5.62. The molecular weight excluding hydrogens is 282 g/mol. The largest absolute Gasteiger partial charge is 0.463 e. The summed E-state index contributed by atoms with van der Waals surface area (Å²) in [6.45, 7) is 4.70. The number of para-hydroxylation sites is 1. The topological polar surface area (TPSA) is 32.9 Å². The lowest BCUT2D eigenvalue weighted by atomic mass is 10.1. The molecule has 0 amide bonds. The molecule has 0 radical (unpaired) electrons. The fourth-order valence-corrected chi connectivity index (χ4v) is 2.93. The summed E-state index contributed by atoms with van der Waals surface area (Å²) >= 11 is 5.50. The fraction of sp³-hybridized carbons (Fsp3) is 0.312. The van der Waals surface area contributed by atoms with Crippen molar-refractivity contribution < 1.29 is 9.32 Å². The number of thiocarbonyl (C=S) groups is 1. The molecule has 1 atom stereocenters. The summed E-state index contributed by atoms with van der Waals surface area (Å²) in [7, 11) is 0. The van der Waals surface area contributed by atoms with Gasteiger partial charge in [0.2, 0.25) is 0 Å². The van der Waals surface area contributed by atoms with E-state index in [1.807, 2.05) is 12.1 Å². The first-order valence-electron chi connectivity index (χ1n) is 7.27. The molecule has 110 valence electrons. The lowest BCUT2D eigenvalue weighted by Gasteiger charge is -2.35. The maximum Gasteiger partial charge on any atom is 0.182 e. The van der Waals surface area contributed by atoms with Crippen molar-refractivity contribution in [2.75, 3.05) is 18.2 Å². The fourth-order valence-electron chi connectivity index (χ4n) is 2.69. The van der Waals surface area contributed by atoms with Crippen LogP contribution in [-0.4, -0.2) is 18.4 Å². The first kappa shape index (κ1) is 14.1. The van der Waals surface area contributed by atoms with E-state index in [4.69, 9.17) is 16.6 Å². The third kappa shape index (κ3) is 3.09. The third-order valence-corrected chi connectivity index (χ3v) is 4.15. The van der Waals surface area contributed by atoms with Crippen LogP contribution in [0.25, 0.3) is 0 Å². The Morgan fingerprint density at radius 2 is 2.14 bits per heavy atom. The van der Waals surface area contributed by atoms with Crippen LogP contribution in [0.15, 0.2) is 47.1 Å². The number of hydrogen-bond donors (Lipinski definition) is 2. The van der Waals surface area contributed by atoms with Crippen molar-refractivity contribution in [1.82, 2.24) is 5.32 Å². The zero-order valence-corrected chi connectivity index (χ0v) is 13.0. The molecular formula is C16H20N3OS+. The Labute approximate surface area is 130 Å². The predicted octanol–water partition coefficient (Wildman–Crippen LogP) is 1.54. The highest BCUT2D eigenvalue weighted by atomic mass is 32.1. The third-order valence-electron chi connectivity index (χ3n) is 3.78. The number of rotatable bonds is 4. The van der Waals surface area contributed by atoms with Crippen molar-refractivity contribution in [2.24, 2.45) is 0 Å². The van der Waals surface area contributed by atoms with E-state index in [-0.39, 0.29) is 0 Å². The molecule has 0 bridgehead atoms. The Kier molecular flexibility index (Phi) is 4.22. The molecule has 1 aromatic carbocycles. The van der Waals surface area contributed by atoms with Crippen LogP contribution in [0.1, 0.15) is 18.2 Å². The molecule has 2 N–H and O–H groups in total. The average molecular weight is 302 g/mol. The number of furan rings is 1. The highest BCUT2D eigenvalue weighted by molar-refractivity contribution is 7.80. The van der Waals surface area contributed by atoms with E-state index in [0.717, 1.165) is 37.2 Å². The van der Waals surface area contributed by atoms with Crippen molar-refractivity contribution >= 4 is 23.0 Å². The summed E-state index contributed by atoms with van der Waals surface area (Å²) in [6, 6.07) is 12.4. The highest BCUT2D eigenvalue weighted by Crippen LogP contribution is 2.20. The Morgan fingerprint density at radius 3 is 2.90 bits per heavy atom. The van der Waals surface area contributed by atoms with Crippen LogP contribution in [0.4, 0.5) is 5.69 Å². The lowest BCUT2D eigenvalue weighted by Crippen LogP contribution is -3.16. The van der Waals surface area contributed by atoms with E-state index in [1.54, 1.807) is 6.26 Å². The standard InChI is InChI=1S/C16H19N3OS/c1-2-13-6-3-4-8-15(13)19-12-18(11-17-16(19)21)10-14-7-5-9-20-14/h3-9H,2,10-12H2,1H3,(H,17,21)/p+1. The molecule has 1 aromatic heterocycles. The zero-order valence-electron chi connectivity index (χ0n) is 12.1. The Bertz CT molecular complexity index is 612. The predicted molar refractivity (Wildman–Crippen MR) is 87.1 cm³/mol. The number of hydrogen-bond acceptors (Lipinski definition) is 2. The molecule has 1 saturated heterocycles. The molecule has 5 heteroatoms. The molecule has 4 nitrogen and oxygen atoms in total. The highest BCUT2D eigenvalue weighted by Gasteiger charge is 2.26. The first-order valence-corrected chi connectivity index (χ1v) is 7.68. The molecule has 1 fully saturated rings. The van der Waals surface area contributed by atoms with Gasteiger partial charge in [-0.05, 0) is 42.4 Å². The molecule has 21 heavy (non-hydrogen) atoms. The Hall–Kier alpha value is -1.85. The minimum Gasteiger partial charge on any atom is -0.463 e. The molecule has 1 aliphatic rings. The summed E-state index contributed by atoms with van der Waals surface area (Å²) in [5, 5.41) is 4.13. The van der Waals surface area contributed by atoms with Gasteiger partial charge in [-0.25, -0.2) is 0 Å². The van der Waals surface area contributed by atoms with Gasteiger partial charge in [-0.15, -0.1) is 0 Å². The summed E-state index contributed by atoms with van der Waals surface area (Å²) < 4.78 is 5.45. The van der Waals surface area contributed by atoms with Gasteiger partial charge >= 0.3 is 0 Å². The summed E-state index contributed by atoms with van der Waals surface area (Å²) in [6.07, 6.45) is 2.73. The summed E-state index contributed by atoms with van der Waals surface area (Å²) in [5.74, 6) is 1.00. The van der Waals surface area contributed by atoms with E-state index in [2.05, 4.69) is 41.4 Å². The second kappa shape index (κ2) is 6.28. The number of nitrogens with one attached hydrogen (secondary N) is 2. The smallest absolute Gasteiger partial charge is 0.182 e. The van der Waals surface area contributed by atoms with Crippen LogP contribution in [0, 0.1) is 0 Å². The van der Waals surface area contributed by atoms with E-state index in [9.17, 15) is 0 Å². The number of quaternary nitrogens is 1. The molecule has 2 aromatic rings. The van der Waals surface area contributed by atoms with Crippen LogP contribution in [0.2, 0.25) is 0 Å². The first-order chi connectivity index (χ1) is 10.3. The normalized spacial score (nSPS) is 18.6. The Morgan fingerprint density at radius 1 is 1.29 bits per heavy atom. The maximum atomic E-state index is 5.50. The van der Waals surface area contributed by atoms with Gasteiger partial charge in [-0.2, -0.15) is 0 Å². The quantitative estimate of drug-likeness (QED) is 0.839. The van der Waals surface area contributed by atoms with Gasteiger partial charge in [-0.1, -0.05) is 25.1 Å².